The zero-order valence-electron chi connectivity index (χ0n) is 17.4. The van der Waals surface area contributed by atoms with E-state index in [4.69, 9.17) is 22.4 Å². The van der Waals surface area contributed by atoms with Crippen LogP contribution in [0.3, 0.4) is 0 Å². The zero-order chi connectivity index (χ0) is 22.6. The minimum absolute atomic E-state index is 0.127. The van der Waals surface area contributed by atoms with E-state index in [2.05, 4.69) is 16.9 Å². The Morgan fingerprint density at radius 2 is 1.94 bits per heavy atom. The average molecular weight is 450 g/mol. The molecule has 162 valence electrons. The molecular formula is C22H20ClN7O2. The molecule has 0 aliphatic carbocycles. The molecule has 1 saturated heterocycles. The number of aromatic nitrogens is 5. The largest absolute Gasteiger partial charge is 0.383 e. The summed E-state index contributed by atoms with van der Waals surface area (Å²) in [6.45, 7) is 4.12. The van der Waals surface area contributed by atoms with Gasteiger partial charge in [0.05, 0.1) is 16.8 Å². The topological polar surface area (TPSA) is 111 Å². The Kier molecular flexibility index (Phi) is 4.70. The van der Waals surface area contributed by atoms with Crippen molar-refractivity contribution in [1.29, 1.82) is 0 Å². The monoisotopic (exact) mass is 449 g/mol. The summed E-state index contributed by atoms with van der Waals surface area (Å²) in [7, 11) is 0. The molecule has 3 aromatic heterocycles. The molecule has 5 rings (SSSR count). The van der Waals surface area contributed by atoms with Crippen LogP contribution in [-0.4, -0.2) is 36.5 Å². The molecule has 0 spiro atoms. The van der Waals surface area contributed by atoms with Crippen LogP contribution in [-0.2, 0) is 0 Å². The third-order valence-electron chi connectivity index (χ3n) is 5.78. The molecular weight excluding hydrogens is 430 g/mol. The highest BCUT2D eigenvalue weighted by Crippen LogP contribution is 2.42. The minimum atomic E-state index is -0.319. The molecule has 0 saturated carbocycles. The Hall–Kier alpha value is -3.72. The van der Waals surface area contributed by atoms with E-state index in [9.17, 15) is 9.59 Å². The first-order valence-corrected chi connectivity index (χ1v) is 10.5. The first-order valence-electron chi connectivity index (χ1n) is 10.1. The van der Waals surface area contributed by atoms with E-state index >= 15 is 0 Å². The molecule has 4 aromatic rings. The maximum atomic E-state index is 13.6. The van der Waals surface area contributed by atoms with Gasteiger partial charge in [-0.15, -0.1) is 0 Å². The number of Topliss-reactive ketones (excluding diaryl/α,β-unsaturated/α-hetero) is 1. The number of carbonyl (C=O) groups excluding carboxylic acids is 1. The Bertz CT molecular complexity index is 1410. The van der Waals surface area contributed by atoms with Crippen molar-refractivity contribution in [2.45, 2.75) is 19.9 Å². The second-order valence-corrected chi connectivity index (χ2v) is 8.29. The Balaban J connectivity index is 1.75. The molecule has 32 heavy (non-hydrogen) atoms. The van der Waals surface area contributed by atoms with Gasteiger partial charge in [0.2, 0.25) is 0 Å². The fourth-order valence-corrected chi connectivity index (χ4v) is 4.54. The highest BCUT2D eigenvalue weighted by molar-refractivity contribution is 6.33. The quantitative estimate of drug-likeness (QED) is 0.477. The van der Waals surface area contributed by atoms with Gasteiger partial charge in [-0.05, 0) is 25.1 Å². The van der Waals surface area contributed by atoms with Gasteiger partial charge in [0.25, 0.3) is 5.56 Å². The Morgan fingerprint density at radius 3 is 2.62 bits per heavy atom. The molecule has 1 aliphatic rings. The van der Waals surface area contributed by atoms with Crippen molar-refractivity contribution in [2.75, 3.05) is 17.2 Å². The highest BCUT2D eigenvalue weighted by atomic mass is 35.5. The summed E-state index contributed by atoms with van der Waals surface area (Å²) in [5.41, 5.74) is 6.96. The van der Waals surface area contributed by atoms with E-state index in [1.165, 1.54) is 17.8 Å². The van der Waals surface area contributed by atoms with Crippen molar-refractivity contribution >= 4 is 34.5 Å². The lowest BCUT2D eigenvalue weighted by molar-refractivity contribution is 0.101. The number of halogens is 1. The molecule has 0 radical (unpaired) electrons. The van der Waals surface area contributed by atoms with Crippen LogP contribution in [0.1, 0.15) is 36.1 Å². The number of nitrogens with two attached hydrogens (primary N) is 1. The normalized spacial score (nSPS) is 18.0. The third kappa shape index (κ3) is 2.96. The lowest BCUT2D eigenvalue weighted by atomic mass is 9.88. The number of nitrogens with zero attached hydrogens (tertiary/aromatic N) is 6. The van der Waals surface area contributed by atoms with Crippen molar-refractivity contribution in [3.05, 3.63) is 75.7 Å². The van der Waals surface area contributed by atoms with Gasteiger partial charge in [0.15, 0.2) is 11.6 Å². The first-order chi connectivity index (χ1) is 15.4. The van der Waals surface area contributed by atoms with Gasteiger partial charge >= 0.3 is 0 Å². The molecule has 4 heterocycles. The number of hydrogen-bond donors (Lipinski definition) is 1. The van der Waals surface area contributed by atoms with Crippen LogP contribution >= 0.6 is 11.6 Å². The SMILES string of the molecule is CC(=O)c1c(N)ncnc1N1C[C@H](C)[C@H]1c1nn2ccc(Cl)c2c(=O)n1-c1ccccc1. The number of rotatable bonds is 4. The molecule has 10 heteroatoms. The molecule has 0 bridgehead atoms. The Labute approximate surface area is 188 Å². The number of anilines is 2. The van der Waals surface area contributed by atoms with E-state index < -0.39 is 0 Å². The number of benzene rings is 1. The van der Waals surface area contributed by atoms with Crippen molar-refractivity contribution in [1.82, 2.24) is 24.1 Å². The average Bonchev–Trinajstić information content (AvgIpc) is 3.13. The van der Waals surface area contributed by atoms with Gasteiger partial charge in [0, 0.05) is 18.7 Å². The van der Waals surface area contributed by atoms with E-state index in [0.29, 0.717) is 34.4 Å². The summed E-state index contributed by atoms with van der Waals surface area (Å²) in [5, 5.41) is 5.11. The van der Waals surface area contributed by atoms with Gasteiger partial charge in [-0.3, -0.25) is 14.2 Å². The lowest BCUT2D eigenvalue weighted by Crippen LogP contribution is -2.52. The molecule has 9 nitrogen and oxygen atoms in total. The molecule has 2 N–H and O–H groups in total. The van der Waals surface area contributed by atoms with Crippen molar-refractivity contribution < 1.29 is 4.79 Å². The summed E-state index contributed by atoms with van der Waals surface area (Å²) in [5.74, 6) is 0.995. The number of ketones is 1. The standard InChI is InChI=1S/C22H20ClN7O2/c1-12-10-28(20-16(13(2)31)19(24)25-11-26-20)17(12)21-27-29-9-8-15(23)18(29)22(32)30(21)14-6-4-3-5-7-14/h3-9,11-12,17H,10H2,1-2H3,(H2,24,25,26)/t12-,17-/m0/s1. The van der Waals surface area contributed by atoms with E-state index in [-0.39, 0.29) is 34.7 Å². The number of carbonyl (C=O) groups is 1. The van der Waals surface area contributed by atoms with Gasteiger partial charge in [-0.25, -0.2) is 14.5 Å². The van der Waals surface area contributed by atoms with E-state index in [1.54, 1.807) is 16.8 Å². The molecule has 1 fully saturated rings. The number of nitrogen functional groups attached to an aromatic ring is 1. The third-order valence-corrected chi connectivity index (χ3v) is 6.09. The van der Waals surface area contributed by atoms with Crippen LogP contribution in [0.4, 0.5) is 11.6 Å². The second kappa shape index (κ2) is 7.45. The molecule has 0 amide bonds. The smallest absolute Gasteiger partial charge is 0.284 e. The molecule has 1 aliphatic heterocycles. The predicted octanol–water partition coefficient (Wildman–Crippen LogP) is 2.91. The maximum Gasteiger partial charge on any atom is 0.284 e. The van der Waals surface area contributed by atoms with Crippen LogP contribution in [0, 0.1) is 5.92 Å². The van der Waals surface area contributed by atoms with Crippen LogP contribution in [0.5, 0.6) is 0 Å². The first kappa shape index (κ1) is 20.2. The van der Waals surface area contributed by atoms with Crippen molar-refractivity contribution in [2.24, 2.45) is 5.92 Å². The summed E-state index contributed by atoms with van der Waals surface area (Å²) in [4.78, 5) is 36.1. The maximum absolute atomic E-state index is 13.6. The minimum Gasteiger partial charge on any atom is -0.383 e. The summed E-state index contributed by atoms with van der Waals surface area (Å²) in [6.07, 6.45) is 3.00. The van der Waals surface area contributed by atoms with Crippen LogP contribution in [0.15, 0.2) is 53.7 Å². The van der Waals surface area contributed by atoms with Gasteiger partial charge in [-0.2, -0.15) is 5.10 Å². The predicted molar refractivity (Wildman–Crippen MR) is 121 cm³/mol. The van der Waals surface area contributed by atoms with E-state index in [0.717, 1.165) is 0 Å². The fourth-order valence-electron chi connectivity index (χ4n) is 4.32. The fraction of sp³-hybridized carbons (Fsp3) is 0.227. The number of para-hydroxylation sites is 1. The van der Waals surface area contributed by atoms with Crippen LogP contribution < -0.4 is 16.2 Å². The molecule has 1 aromatic carbocycles. The van der Waals surface area contributed by atoms with Crippen LogP contribution in [0.25, 0.3) is 11.2 Å². The zero-order valence-corrected chi connectivity index (χ0v) is 18.2. The summed E-state index contributed by atoms with van der Waals surface area (Å²) in [6, 6.07) is 10.6. The Morgan fingerprint density at radius 1 is 1.19 bits per heavy atom. The number of hydrogen-bond acceptors (Lipinski definition) is 7. The summed E-state index contributed by atoms with van der Waals surface area (Å²) < 4.78 is 3.08. The molecule has 2 atom stereocenters. The van der Waals surface area contributed by atoms with Gasteiger partial charge < -0.3 is 10.6 Å². The number of fused-ring (bicyclic) bond motifs is 1. The molecule has 0 unspecified atom stereocenters. The van der Waals surface area contributed by atoms with Crippen molar-refractivity contribution in [3.63, 3.8) is 0 Å². The second-order valence-electron chi connectivity index (χ2n) is 7.88. The highest BCUT2D eigenvalue weighted by Gasteiger charge is 2.43. The summed E-state index contributed by atoms with van der Waals surface area (Å²) >= 11 is 6.29. The van der Waals surface area contributed by atoms with Gasteiger partial charge in [-0.1, -0.05) is 36.7 Å². The van der Waals surface area contributed by atoms with Crippen molar-refractivity contribution in [3.8, 4) is 5.69 Å². The van der Waals surface area contributed by atoms with E-state index in [1.807, 2.05) is 35.2 Å². The van der Waals surface area contributed by atoms with Gasteiger partial charge in [0.1, 0.15) is 29.0 Å². The van der Waals surface area contributed by atoms with Crippen LogP contribution in [0.2, 0.25) is 5.02 Å². The lowest BCUT2D eigenvalue weighted by Gasteiger charge is -2.47.